The number of nitro benzene ring substituents is 1. The van der Waals surface area contributed by atoms with Crippen LogP contribution in [0, 0.1) is 21.4 Å². The number of nitriles is 1. The molecule has 0 saturated carbocycles. The van der Waals surface area contributed by atoms with Crippen LogP contribution in [0.5, 0.6) is 11.5 Å². The zero-order valence-corrected chi connectivity index (χ0v) is 8.34. The molecule has 16 heavy (non-hydrogen) atoms. The van der Waals surface area contributed by atoms with Gasteiger partial charge in [0.1, 0.15) is 0 Å². The van der Waals surface area contributed by atoms with Crippen molar-refractivity contribution in [3.8, 4) is 17.6 Å². The molecule has 0 radical (unpaired) electrons. The van der Waals surface area contributed by atoms with E-state index < -0.39 is 22.1 Å². The van der Waals surface area contributed by atoms with E-state index in [2.05, 4.69) is 0 Å². The van der Waals surface area contributed by atoms with Gasteiger partial charge in [-0.25, -0.2) is 0 Å². The molecule has 0 spiro atoms. The number of hydrogen-bond acceptors (Lipinski definition) is 5. The first-order chi connectivity index (χ1) is 7.45. The Kier molecular flexibility index (Phi) is 3.11. The highest BCUT2D eigenvalue weighted by molar-refractivity contribution is 5.66. The van der Waals surface area contributed by atoms with Crippen LogP contribution >= 0.6 is 0 Å². The van der Waals surface area contributed by atoms with E-state index in [0.29, 0.717) is 5.57 Å². The molecule has 0 atom stereocenters. The molecular formula is C10H8N2O4. The monoisotopic (exact) mass is 220 g/mol. The van der Waals surface area contributed by atoms with Gasteiger partial charge in [0.25, 0.3) is 0 Å². The molecule has 1 rings (SSSR count). The minimum absolute atomic E-state index is 0.279. The van der Waals surface area contributed by atoms with Gasteiger partial charge in [0, 0.05) is 11.6 Å². The number of rotatable bonds is 2. The fraction of sp³-hybridized carbons (Fsp3) is 0.100. The highest BCUT2D eigenvalue weighted by Gasteiger charge is 2.18. The topological polar surface area (TPSA) is 107 Å². The van der Waals surface area contributed by atoms with Crippen molar-refractivity contribution in [2.75, 3.05) is 0 Å². The quantitative estimate of drug-likeness (QED) is 0.342. The summed E-state index contributed by atoms with van der Waals surface area (Å²) in [6.45, 7) is 1.52. The number of nitrogens with zero attached hydrogens (tertiary/aromatic N) is 2. The zero-order chi connectivity index (χ0) is 12.3. The van der Waals surface area contributed by atoms with E-state index in [1.165, 1.54) is 13.0 Å². The Morgan fingerprint density at radius 1 is 1.56 bits per heavy atom. The molecule has 6 heteroatoms. The average Bonchev–Trinajstić information content (AvgIpc) is 2.22. The SMILES string of the molecule is CC(C#N)=Cc1cc(O)c(O)c([N+](=O)[O-])c1. The molecule has 0 fully saturated rings. The van der Waals surface area contributed by atoms with Crippen LogP contribution in [0.15, 0.2) is 17.7 Å². The second-order valence-electron chi connectivity index (χ2n) is 3.10. The number of allylic oxidation sites excluding steroid dienone is 1. The summed E-state index contributed by atoms with van der Waals surface area (Å²) < 4.78 is 0. The number of phenols is 2. The number of phenolic OH excluding ortho intramolecular Hbond substituents is 2. The normalized spacial score (nSPS) is 10.9. The lowest BCUT2D eigenvalue weighted by Gasteiger charge is -2.01. The first-order valence-corrected chi connectivity index (χ1v) is 4.24. The zero-order valence-electron chi connectivity index (χ0n) is 8.34. The largest absolute Gasteiger partial charge is 0.504 e. The number of hydrogen-bond donors (Lipinski definition) is 2. The third-order valence-corrected chi connectivity index (χ3v) is 1.85. The molecule has 82 valence electrons. The Hall–Kier alpha value is -2.55. The van der Waals surface area contributed by atoms with Gasteiger partial charge in [-0.1, -0.05) is 0 Å². The fourth-order valence-corrected chi connectivity index (χ4v) is 1.13. The van der Waals surface area contributed by atoms with Gasteiger partial charge >= 0.3 is 5.69 Å². The second-order valence-corrected chi connectivity index (χ2v) is 3.10. The van der Waals surface area contributed by atoms with E-state index in [-0.39, 0.29) is 5.56 Å². The summed E-state index contributed by atoms with van der Waals surface area (Å²) in [6.07, 6.45) is 1.37. The number of aromatic hydroxyl groups is 2. The maximum Gasteiger partial charge on any atom is 0.315 e. The molecule has 0 aliphatic heterocycles. The summed E-state index contributed by atoms with van der Waals surface area (Å²) >= 11 is 0. The van der Waals surface area contributed by atoms with E-state index in [1.807, 2.05) is 6.07 Å². The van der Waals surface area contributed by atoms with E-state index in [0.717, 1.165) is 12.1 Å². The van der Waals surface area contributed by atoms with Crippen LogP contribution in [0.3, 0.4) is 0 Å². The predicted octanol–water partition coefficient (Wildman–Crippen LogP) is 1.93. The minimum atomic E-state index is -0.811. The minimum Gasteiger partial charge on any atom is -0.504 e. The van der Waals surface area contributed by atoms with Crippen LogP contribution in [0.25, 0.3) is 6.08 Å². The van der Waals surface area contributed by atoms with E-state index in [9.17, 15) is 20.3 Å². The Balaban J connectivity index is 3.37. The molecule has 0 bridgehead atoms. The standard InChI is InChI=1S/C10H8N2O4/c1-6(5-11)2-7-3-8(12(15)16)10(14)9(13)4-7/h2-4,13-14H,1H3. The summed E-state index contributed by atoms with van der Waals surface area (Å²) in [4.78, 5) is 9.72. The molecule has 0 unspecified atom stereocenters. The molecule has 0 amide bonds. The highest BCUT2D eigenvalue weighted by atomic mass is 16.6. The predicted molar refractivity (Wildman–Crippen MR) is 55.7 cm³/mol. The van der Waals surface area contributed by atoms with Crippen LogP contribution < -0.4 is 0 Å². The van der Waals surface area contributed by atoms with Crippen LogP contribution in [0.2, 0.25) is 0 Å². The lowest BCUT2D eigenvalue weighted by Crippen LogP contribution is -1.90. The molecule has 0 aromatic heterocycles. The molecule has 0 aliphatic carbocycles. The molecule has 2 N–H and O–H groups in total. The van der Waals surface area contributed by atoms with Gasteiger partial charge < -0.3 is 10.2 Å². The van der Waals surface area contributed by atoms with E-state index in [1.54, 1.807) is 0 Å². The van der Waals surface area contributed by atoms with Gasteiger partial charge in [-0.2, -0.15) is 5.26 Å². The van der Waals surface area contributed by atoms with Gasteiger partial charge in [0.15, 0.2) is 5.75 Å². The molecular weight excluding hydrogens is 212 g/mol. The summed E-state index contributed by atoms with van der Waals surface area (Å²) in [5.74, 6) is -1.37. The fourth-order valence-electron chi connectivity index (χ4n) is 1.13. The van der Waals surface area contributed by atoms with Crippen molar-refractivity contribution in [3.05, 3.63) is 33.4 Å². The van der Waals surface area contributed by atoms with Gasteiger partial charge in [0.05, 0.1) is 11.0 Å². The average molecular weight is 220 g/mol. The first kappa shape index (κ1) is 11.5. The third-order valence-electron chi connectivity index (χ3n) is 1.85. The van der Waals surface area contributed by atoms with Crippen molar-refractivity contribution in [1.82, 2.24) is 0 Å². The number of benzene rings is 1. The van der Waals surface area contributed by atoms with Crippen molar-refractivity contribution < 1.29 is 15.1 Å². The van der Waals surface area contributed by atoms with Crippen LogP contribution in [-0.4, -0.2) is 15.1 Å². The molecule has 6 nitrogen and oxygen atoms in total. The van der Waals surface area contributed by atoms with Crippen molar-refractivity contribution in [2.45, 2.75) is 6.92 Å². The smallest absolute Gasteiger partial charge is 0.315 e. The Bertz CT molecular complexity index is 514. The lowest BCUT2D eigenvalue weighted by atomic mass is 10.1. The molecule has 0 heterocycles. The van der Waals surface area contributed by atoms with Crippen molar-refractivity contribution in [2.24, 2.45) is 0 Å². The molecule has 0 saturated heterocycles. The molecule has 1 aromatic carbocycles. The van der Waals surface area contributed by atoms with Crippen molar-refractivity contribution >= 4 is 11.8 Å². The maximum atomic E-state index is 10.5. The van der Waals surface area contributed by atoms with E-state index >= 15 is 0 Å². The second kappa shape index (κ2) is 4.31. The highest BCUT2D eigenvalue weighted by Crippen LogP contribution is 2.36. The number of nitro groups is 1. The van der Waals surface area contributed by atoms with Crippen molar-refractivity contribution in [1.29, 1.82) is 5.26 Å². The summed E-state index contributed by atoms with van der Waals surface area (Å²) in [7, 11) is 0. The van der Waals surface area contributed by atoms with Crippen LogP contribution in [-0.2, 0) is 0 Å². The Morgan fingerprint density at radius 2 is 2.19 bits per heavy atom. The van der Waals surface area contributed by atoms with Gasteiger partial charge in [0.2, 0.25) is 5.75 Å². The van der Waals surface area contributed by atoms with E-state index in [4.69, 9.17) is 5.26 Å². The maximum absolute atomic E-state index is 10.5. The van der Waals surface area contributed by atoms with Crippen LogP contribution in [0.1, 0.15) is 12.5 Å². The Morgan fingerprint density at radius 3 is 2.69 bits per heavy atom. The third kappa shape index (κ3) is 2.27. The van der Waals surface area contributed by atoms with Gasteiger partial charge in [-0.05, 0) is 24.6 Å². The summed E-state index contributed by atoms with van der Waals surface area (Å²) in [5.41, 5.74) is 0.0115. The van der Waals surface area contributed by atoms with Crippen LogP contribution in [0.4, 0.5) is 5.69 Å². The summed E-state index contributed by atoms with van der Waals surface area (Å²) in [5, 5.41) is 37.5. The molecule has 1 aromatic rings. The van der Waals surface area contributed by atoms with Gasteiger partial charge in [-0.3, -0.25) is 10.1 Å². The summed E-state index contributed by atoms with van der Waals surface area (Å²) in [6, 6.07) is 4.06. The lowest BCUT2D eigenvalue weighted by molar-refractivity contribution is -0.386. The Labute approximate surface area is 90.8 Å². The van der Waals surface area contributed by atoms with Crippen molar-refractivity contribution in [3.63, 3.8) is 0 Å². The van der Waals surface area contributed by atoms with Gasteiger partial charge in [-0.15, -0.1) is 0 Å². The molecule has 0 aliphatic rings. The first-order valence-electron chi connectivity index (χ1n) is 4.24.